The summed E-state index contributed by atoms with van der Waals surface area (Å²) in [5.41, 5.74) is 5.00. The maximum atomic E-state index is 10.4. The van der Waals surface area contributed by atoms with Gasteiger partial charge in [0, 0.05) is 12.2 Å². The Kier molecular flexibility index (Phi) is 9.70. The standard InChI is InChI=1S/C9H19NO2S/c10-9(11)7-5-3-1-2-4-6-8-13-12/h12H,1-8H2,(H2,10,11). The number of carbonyl (C=O) groups excluding carboxylic acids is 1. The quantitative estimate of drug-likeness (QED) is 0.449. The second-order valence-corrected chi connectivity index (χ2v) is 3.84. The van der Waals surface area contributed by atoms with E-state index in [4.69, 9.17) is 10.3 Å². The maximum absolute atomic E-state index is 10.4. The van der Waals surface area contributed by atoms with Crippen molar-refractivity contribution in [3.63, 3.8) is 0 Å². The molecule has 0 saturated carbocycles. The van der Waals surface area contributed by atoms with Gasteiger partial charge in [0.15, 0.2) is 0 Å². The van der Waals surface area contributed by atoms with Crippen LogP contribution in [0, 0.1) is 0 Å². The molecule has 0 saturated heterocycles. The van der Waals surface area contributed by atoms with Gasteiger partial charge in [-0.25, -0.2) is 0 Å². The van der Waals surface area contributed by atoms with Crippen LogP contribution in [0.5, 0.6) is 0 Å². The van der Waals surface area contributed by atoms with Crippen molar-refractivity contribution >= 4 is 17.9 Å². The van der Waals surface area contributed by atoms with Gasteiger partial charge in [-0.1, -0.05) is 25.7 Å². The van der Waals surface area contributed by atoms with E-state index >= 15 is 0 Å². The Hall–Kier alpha value is -0.220. The van der Waals surface area contributed by atoms with Gasteiger partial charge in [-0.15, -0.1) is 0 Å². The highest BCUT2D eigenvalue weighted by atomic mass is 32.2. The van der Waals surface area contributed by atoms with E-state index in [1.165, 1.54) is 19.3 Å². The summed E-state index contributed by atoms with van der Waals surface area (Å²) in [4.78, 5) is 10.4. The molecule has 0 aliphatic carbocycles. The van der Waals surface area contributed by atoms with Gasteiger partial charge < -0.3 is 10.3 Å². The fraction of sp³-hybridized carbons (Fsp3) is 0.889. The van der Waals surface area contributed by atoms with Crippen LogP contribution in [-0.4, -0.2) is 16.2 Å². The molecule has 78 valence electrons. The predicted molar refractivity (Wildman–Crippen MR) is 56.6 cm³/mol. The van der Waals surface area contributed by atoms with Crippen LogP contribution in [0.25, 0.3) is 0 Å². The van der Waals surface area contributed by atoms with Crippen molar-refractivity contribution < 1.29 is 9.35 Å². The van der Waals surface area contributed by atoms with E-state index in [-0.39, 0.29) is 5.91 Å². The van der Waals surface area contributed by atoms with Crippen molar-refractivity contribution in [2.45, 2.75) is 44.9 Å². The smallest absolute Gasteiger partial charge is 0.217 e. The third kappa shape index (κ3) is 11.8. The van der Waals surface area contributed by atoms with Crippen molar-refractivity contribution in [1.82, 2.24) is 0 Å². The van der Waals surface area contributed by atoms with Gasteiger partial charge in [0.1, 0.15) is 0 Å². The SMILES string of the molecule is NC(=O)CCCCCCCCSO. The lowest BCUT2D eigenvalue weighted by Gasteiger charge is -1.99. The first-order valence-electron chi connectivity index (χ1n) is 4.82. The van der Waals surface area contributed by atoms with Crippen molar-refractivity contribution in [2.75, 3.05) is 5.75 Å². The van der Waals surface area contributed by atoms with Gasteiger partial charge in [0.05, 0.1) is 0 Å². The second kappa shape index (κ2) is 9.86. The number of nitrogens with two attached hydrogens (primary N) is 1. The van der Waals surface area contributed by atoms with Crippen molar-refractivity contribution in [3.8, 4) is 0 Å². The monoisotopic (exact) mass is 205 g/mol. The number of primary amides is 1. The molecule has 0 fully saturated rings. The lowest BCUT2D eigenvalue weighted by Crippen LogP contribution is -2.09. The van der Waals surface area contributed by atoms with E-state index in [0.29, 0.717) is 6.42 Å². The first-order chi connectivity index (χ1) is 6.27. The molecule has 0 bridgehead atoms. The summed E-state index contributed by atoms with van der Waals surface area (Å²) in [7, 11) is 0. The summed E-state index contributed by atoms with van der Waals surface area (Å²) in [6, 6.07) is 0. The highest BCUT2D eigenvalue weighted by Crippen LogP contribution is 2.08. The van der Waals surface area contributed by atoms with Crippen LogP contribution in [0.15, 0.2) is 0 Å². The zero-order chi connectivity index (χ0) is 9.94. The molecule has 1 amide bonds. The first kappa shape index (κ1) is 12.8. The summed E-state index contributed by atoms with van der Waals surface area (Å²) in [6.45, 7) is 0. The molecule has 0 rings (SSSR count). The molecule has 0 heterocycles. The van der Waals surface area contributed by atoms with Gasteiger partial charge in [-0.2, -0.15) is 0 Å². The summed E-state index contributed by atoms with van der Waals surface area (Å²) < 4.78 is 8.43. The van der Waals surface area contributed by atoms with Gasteiger partial charge in [0.25, 0.3) is 0 Å². The Bertz CT molecular complexity index is 131. The molecule has 13 heavy (non-hydrogen) atoms. The van der Waals surface area contributed by atoms with Gasteiger partial charge >= 0.3 is 0 Å². The Morgan fingerprint density at radius 3 is 2.15 bits per heavy atom. The van der Waals surface area contributed by atoms with E-state index in [0.717, 1.165) is 37.1 Å². The topological polar surface area (TPSA) is 63.3 Å². The van der Waals surface area contributed by atoms with Crippen LogP contribution in [0.2, 0.25) is 0 Å². The van der Waals surface area contributed by atoms with Crippen LogP contribution < -0.4 is 5.73 Å². The molecular weight excluding hydrogens is 186 g/mol. The molecular formula is C9H19NO2S. The predicted octanol–water partition coefficient (Wildman–Crippen LogP) is 2.41. The minimum Gasteiger partial charge on any atom is -0.370 e. The third-order valence-corrected chi connectivity index (χ3v) is 2.38. The van der Waals surface area contributed by atoms with Gasteiger partial charge in [0.2, 0.25) is 5.91 Å². The molecule has 3 nitrogen and oxygen atoms in total. The number of carbonyl (C=O) groups is 1. The molecule has 0 aromatic carbocycles. The number of rotatable bonds is 9. The lowest BCUT2D eigenvalue weighted by atomic mass is 10.1. The Morgan fingerprint density at radius 1 is 1.08 bits per heavy atom. The van der Waals surface area contributed by atoms with Crippen molar-refractivity contribution in [2.24, 2.45) is 5.73 Å². The molecule has 0 aliphatic heterocycles. The molecule has 0 aliphatic rings. The largest absolute Gasteiger partial charge is 0.370 e. The molecule has 0 unspecified atom stereocenters. The van der Waals surface area contributed by atoms with Crippen LogP contribution in [0.4, 0.5) is 0 Å². The van der Waals surface area contributed by atoms with Crippen LogP contribution in [0.3, 0.4) is 0 Å². The summed E-state index contributed by atoms with van der Waals surface area (Å²) in [5, 5.41) is 0. The minimum atomic E-state index is -0.198. The fourth-order valence-electron chi connectivity index (χ4n) is 1.17. The van der Waals surface area contributed by atoms with E-state index in [2.05, 4.69) is 0 Å². The lowest BCUT2D eigenvalue weighted by molar-refractivity contribution is -0.118. The average Bonchev–Trinajstić information content (AvgIpc) is 2.09. The molecule has 4 heteroatoms. The Balaban J connectivity index is 2.87. The molecule has 0 spiro atoms. The molecule has 0 radical (unpaired) electrons. The number of amides is 1. The van der Waals surface area contributed by atoms with Crippen LogP contribution >= 0.6 is 12.0 Å². The van der Waals surface area contributed by atoms with Crippen molar-refractivity contribution in [1.29, 1.82) is 0 Å². The van der Waals surface area contributed by atoms with E-state index in [1.807, 2.05) is 0 Å². The number of hydrogen-bond acceptors (Lipinski definition) is 3. The molecule has 0 atom stereocenters. The summed E-state index contributed by atoms with van der Waals surface area (Å²) >= 11 is 0.913. The van der Waals surface area contributed by atoms with E-state index in [9.17, 15) is 4.79 Å². The molecule has 0 aromatic rings. The minimum absolute atomic E-state index is 0.198. The Labute approximate surface area is 84.3 Å². The van der Waals surface area contributed by atoms with Crippen LogP contribution in [0.1, 0.15) is 44.9 Å². The van der Waals surface area contributed by atoms with Crippen LogP contribution in [-0.2, 0) is 4.79 Å². The first-order valence-corrected chi connectivity index (χ1v) is 5.76. The van der Waals surface area contributed by atoms with Crippen molar-refractivity contribution in [3.05, 3.63) is 0 Å². The zero-order valence-electron chi connectivity index (χ0n) is 8.00. The van der Waals surface area contributed by atoms with E-state index in [1.54, 1.807) is 0 Å². The summed E-state index contributed by atoms with van der Waals surface area (Å²) in [6.07, 6.45) is 7.15. The normalized spacial score (nSPS) is 10.2. The second-order valence-electron chi connectivity index (χ2n) is 3.17. The highest BCUT2D eigenvalue weighted by Gasteiger charge is 1.94. The highest BCUT2D eigenvalue weighted by molar-refractivity contribution is 7.93. The van der Waals surface area contributed by atoms with Gasteiger partial charge in [-0.05, 0) is 24.9 Å². The molecule has 3 N–H and O–H groups in total. The maximum Gasteiger partial charge on any atom is 0.217 e. The molecule has 0 aromatic heterocycles. The zero-order valence-corrected chi connectivity index (χ0v) is 8.81. The Morgan fingerprint density at radius 2 is 1.62 bits per heavy atom. The fourth-order valence-corrected chi connectivity index (χ4v) is 1.51. The summed E-state index contributed by atoms with van der Waals surface area (Å²) in [5.74, 6) is 0.637. The third-order valence-electron chi connectivity index (χ3n) is 1.91. The van der Waals surface area contributed by atoms with E-state index < -0.39 is 0 Å². The average molecular weight is 205 g/mol. The number of unbranched alkanes of at least 4 members (excludes halogenated alkanes) is 5. The number of hydrogen-bond donors (Lipinski definition) is 2. The van der Waals surface area contributed by atoms with Gasteiger partial charge in [-0.3, -0.25) is 4.79 Å².